The number of ketones is 1. The molecule has 1 N–H and O–H groups in total. The Morgan fingerprint density at radius 1 is 1.03 bits per heavy atom. The summed E-state index contributed by atoms with van der Waals surface area (Å²) < 4.78 is 71.5. The number of anilines is 1. The van der Waals surface area contributed by atoms with Crippen LogP contribution >= 0.6 is 11.8 Å². The first-order chi connectivity index (χ1) is 13.5. The number of thioether (sulfide) groups is 1. The number of ether oxygens (including phenoxy) is 2. The van der Waals surface area contributed by atoms with Crippen LogP contribution in [0, 0.1) is 0 Å². The molecule has 0 aromatic heterocycles. The fourth-order valence-electron chi connectivity index (χ4n) is 2.03. The SMILES string of the molecule is COC(=O)SCC(=O)c1ccc(NS(=O)(=O)c2ccc(OC(F)(F)F)cc2)cc1. The van der Waals surface area contributed by atoms with E-state index in [2.05, 4.69) is 14.2 Å². The average Bonchev–Trinajstić information content (AvgIpc) is 2.65. The molecule has 0 saturated carbocycles. The van der Waals surface area contributed by atoms with E-state index in [9.17, 15) is 31.2 Å². The predicted molar refractivity (Wildman–Crippen MR) is 99.6 cm³/mol. The fraction of sp³-hybridized carbons (Fsp3) is 0.176. The van der Waals surface area contributed by atoms with Gasteiger partial charge in [-0.2, -0.15) is 0 Å². The highest BCUT2D eigenvalue weighted by molar-refractivity contribution is 8.13. The molecular formula is C17H14F3NO6S2. The van der Waals surface area contributed by atoms with E-state index >= 15 is 0 Å². The van der Waals surface area contributed by atoms with Crippen LogP contribution < -0.4 is 9.46 Å². The van der Waals surface area contributed by atoms with Gasteiger partial charge in [-0.1, -0.05) is 0 Å². The fourth-order valence-corrected chi connectivity index (χ4v) is 3.62. The highest BCUT2D eigenvalue weighted by atomic mass is 32.2. The van der Waals surface area contributed by atoms with Crippen LogP contribution in [0.25, 0.3) is 0 Å². The van der Waals surface area contributed by atoms with Gasteiger partial charge >= 0.3 is 11.7 Å². The predicted octanol–water partition coefficient (Wildman–Crippen LogP) is 4.07. The standard InChI is InChI=1S/C17H14F3NO6S2/c1-26-16(23)28-10-15(22)11-2-4-12(5-3-11)21-29(24,25)14-8-6-13(7-9-14)27-17(18,19)20/h2-9,21H,10H2,1H3. The molecule has 29 heavy (non-hydrogen) atoms. The first-order valence-corrected chi connectivity index (χ1v) is 10.2. The molecule has 0 aliphatic carbocycles. The molecule has 0 bridgehead atoms. The molecule has 0 amide bonds. The number of carbonyl (C=O) groups excluding carboxylic acids is 2. The Morgan fingerprint density at radius 2 is 1.62 bits per heavy atom. The van der Waals surface area contributed by atoms with Crippen LogP contribution in [0.1, 0.15) is 10.4 Å². The number of hydrogen-bond acceptors (Lipinski definition) is 7. The molecule has 2 aromatic rings. The molecule has 0 heterocycles. The molecular weight excluding hydrogens is 435 g/mol. The number of benzene rings is 2. The number of methoxy groups -OCH3 is 1. The van der Waals surface area contributed by atoms with Crippen molar-refractivity contribution in [1.82, 2.24) is 0 Å². The van der Waals surface area contributed by atoms with Crippen LogP contribution in [-0.2, 0) is 14.8 Å². The average molecular weight is 449 g/mol. The largest absolute Gasteiger partial charge is 0.573 e. The minimum atomic E-state index is -4.88. The highest BCUT2D eigenvalue weighted by Gasteiger charge is 2.31. The van der Waals surface area contributed by atoms with Crippen molar-refractivity contribution >= 4 is 38.6 Å². The Hall–Kier alpha value is -2.73. The Labute approximate surface area is 168 Å². The number of carbonyl (C=O) groups is 2. The first kappa shape index (κ1) is 22.6. The second-order valence-corrected chi connectivity index (χ2v) is 7.96. The second-order valence-electron chi connectivity index (χ2n) is 5.37. The minimum absolute atomic E-state index is 0.135. The zero-order chi connectivity index (χ0) is 21.7. The summed E-state index contributed by atoms with van der Waals surface area (Å²) >= 11 is 0.692. The topological polar surface area (TPSA) is 98.8 Å². The van der Waals surface area contributed by atoms with E-state index in [0.29, 0.717) is 11.8 Å². The van der Waals surface area contributed by atoms with E-state index in [-0.39, 0.29) is 27.7 Å². The number of halogens is 3. The van der Waals surface area contributed by atoms with Crippen molar-refractivity contribution < 1.29 is 40.7 Å². The van der Waals surface area contributed by atoms with E-state index in [1.165, 1.54) is 31.4 Å². The lowest BCUT2D eigenvalue weighted by atomic mass is 10.1. The van der Waals surface area contributed by atoms with Gasteiger partial charge in [-0.3, -0.25) is 9.52 Å². The Balaban J connectivity index is 2.05. The molecule has 0 spiro atoms. The summed E-state index contributed by atoms with van der Waals surface area (Å²) in [6.07, 6.45) is -4.88. The van der Waals surface area contributed by atoms with Gasteiger partial charge in [-0.05, 0) is 60.3 Å². The van der Waals surface area contributed by atoms with Gasteiger partial charge in [0.25, 0.3) is 10.0 Å². The van der Waals surface area contributed by atoms with Gasteiger partial charge in [0.05, 0.1) is 17.8 Å². The quantitative estimate of drug-likeness (QED) is 0.503. The summed E-state index contributed by atoms with van der Waals surface area (Å²) in [6.45, 7) is 0. The Bertz CT molecular complexity index is 974. The van der Waals surface area contributed by atoms with E-state index in [4.69, 9.17) is 0 Å². The number of rotatable bonds is 7. The van der Waals surface area contributed by atoms with Crippen molar-refractivity contribution in [3.05, 3.63) is 54.1 Å². The molecule has 2 rings (SSSR count). The maximum Gasteiger partial charge on any atom is 0.573 e. The normalized spacial score (nSPS) is 11.6. The smallest absolute Gasteiger partial charge is 0.461 e. The lowest BCUT2D eigenvalue weighted by molar-refractivity contribution is -0.274. The number of sulfonamides is 1. The minimum Gasteiger partial charge on any atom is -0.461 e. The summed E-state index contributed by atoms with van der Waals surface area (Å²) in [7, 11) is -2.88. The van der Waals surface area contributed by atoms with Gasteiger partial charge in [0, 0.05) is 11.3 Å². The molecule has 12 heteroatoms. The van der Waals surface area contributed by atoms with E-state index in [1.54, 1.807) is 0 Å². The van der Waals surface area contributed by atoms with Crippen LogP contribution in [0.5, 0.6) is 5.75 Å². The number of hydrogen-bond donors (Lipinski definition) is 1. The molecule has 7 nitrogen and oxygen atoms in total. The van der Waals surface area contributed by atoms with Crippen molar-refractivity contribution in [2.45, 2.75) is 11.3 Å². The van der Waals surface area contributed by atoms with E-state index in [0.717, 1.165) is 24.3 Å². The molecule has 0 radical (unpaired) electrons. The van der Waals surface area contributed by atoms with E-state index < -0.39 is 27.4 Å². The Morgan fingerprint density at radius 3 is 2.14 bits per heavy atom. The van der Waals surface area contributed by atoms with Crippen molar-refractivity contribution in [1.29, 1.82) is 0 Å². The molecule has 0 atom stereocenters. The van der Waals surface area contributed by atoms with Gasteiger partial charge in [-0.15, -0.1) is 13.2 Å². The van der Waals surface area contributed by atoms with Crippen molar-refractivity contribution in [3.8, 4) is 5.75 Å². The molecule has 0 fully saturated rings. The zero-order valence-electron chi connectivity index (χ0n) is 14.7. The zero-order valence-corrected chi connectivity index (χ0v) is 16.4. The van der Waals surface area contributed by atoms with Crippen molar-refractivity contribution in [2.24, 2.45) is 0 Å². The molecule has 0 unspecified atom stereocenters. The van der Waals surface area contributed by atoms with Crippen LogP contribution in [0.3, 0.4) is 0 Å². The molecule has 0 aliphatic heterocycles. The third kappa shape index (κ3) is 6.98. The van der Waals surface area contributed by atoms with Crippen LogP contribution in [0.4, 0.5) is 23.7 Å². The van der Waals surface area contributed by atoms with E-state index in [1.807, 2.05) is 0 Å². The number of nitrogens with one attached hydrogen (secondary N) is 1. The van der Waals surface area contributed by atoms with Crippen LogP contribution in [0.15, 0.2) is 53.4 Å². The monoisotopic (exact) mass is 449 g/mol. The summed E-state index contributed by atoms with van der Waals surface area (Å²) in [5, 5.41) is -0.602. The van der Waals surface area contributed by atoms with Crippen LogP contribution in [-0.4, -0.2) is 38.7 Å². The molecule has 2 aromatic carbocycles. The van der Waals surface area contributed by atoms with Crippen molar-refractivity contribution in [2.75, 3.05) is 17.6 Å². The number of Topliss-reactive ketones (excluding diaryl/α,β-unsaturated/α-hetero) is 1. The molecule has 0 saturated heterocycles. The summed E-state index contributed by atoms with van der Waals surface area (Å²) in [6, 6.07) is 9.11. The van der Waals surface area contributed by atoms with Gasteiger partial charge < -0.3 is 9.47 Å². The summed E-state index contributed by atoms with van der Waals surface area (Å²) in [5.74, 6) is -1.04. The lowest BCUT2D eigenvalue weighted by Crippen LogP contribution is -2.17. The third-order valence-corrected chi connectivity index (χ3v) is 5.52. The maximum atomic E-state index is 12.3. The van der Waals surface area contributed by atoms with Crippen molar-refractivity contribution in [3.63, 3.8) is 0 Å². The third-order valence-electron chi connectivity index (χ3n) is 3.31. The highest BCUT2D eigenvalue weighted by Crippen LogP contribution is 2.25. The summed E-state index contributed by atoms with van der Waals surface area (Å²) in [5.41, 5.74) is 0.399. The Kier molecular flexibility index (Phi) is 7.14. The van der Waals surface area contributed by atoms with Gasteiger partial charge in [0.15, 0.2) is 5.78 Å². The van der Waals surface area contributed by atoms with Gasteiger partial charge in [0.2, 0.25) is 0 Å². The maximum absolute atomic E-state index is 12.3. The van der Waals surface area contributed by atoms with Gasteiger partial charge in [-0.25, -0.2) is 13.2 Å². The molecule has 0 aliphatic rings. The first-order valence-electron chi connectivity index (χ1n) is 7.73. The summed E-state index contributed by atoms with van der Waals surface area (Å²) in [4.78, 5) is 22.7. The van der Waals surface area contributed by atoms with Crippen LogP contribution in [0.2, 0.25) is 0 Å². The lowest BCUT2D eigenvalue weighted by Gasteiger charge is -2.11. The van der Waals surface area contributed by atoms with Gasteiger partial charge in [0.1, 0.15) is 5.75 Å². The molecule has 156 valence electrons. The number of alkyl halides is 3. The second kappa shape index (κ2) is 9.18.